The average molecular weight is 526 g/mol. The van der Waals surface area contributed by atoms with Gasteiger partial charge in [0.25, 0.3) is 0 Å². The maximum absolute atomic E-state index is 14.4. The van der Waals surface area contributed by atoms with Crippen molar-refractivity contribution in [3.8, 4) is 5.75 Å². The van der Waals surface area contributed by atoms with E-state index in [0.29, 0.717) is 24.8 Å². The Labute approximate surface area is 195 Å². The summed E-state index contributed by atoms with van der Waals surface area (Å²) in [6.07, 6.45) is 5.09. The molecule has 1 aliphatic carbocycles. The molecule has 1 saturated carbocycles. The van der Waals surface area contributed by atoms with E-state index >= 15 is 0 Å². The summed E-state index contributed by atoms with van der Waals surface area (Å²) in [4.78, 5) is 8.96. The molecular formula is C23H32FIN4O. The quantitative estimate of drug-likeness (QED) is 0.280. The summed E-state index contributed by atoms with van der Waals surface area (Å²) in [6, 6.07) is 9.18. The second-order valence-electron chi connectivity index (χ2n) is 7.63. The van der Waals surface area contributed by atoms with Crippen LogP contribution in [0.1, 0.15) is 49.6 Å². The zero-order valence-electron chi connectivity index (χ0n) is 18.0. The van der Waals surface area contributed by atoms with Crippen LogP contribution in [0, 0.1) is 18.7 Å². The zero-order chi connectivity index (χ0) is 20.6. The van der Waals surface area contributed by atoms with E-state index in [0.717, 1.165) is 35.7 Å². The van der Waals surface area contributed by atoms with E-state index in [1.807, 2.05) is 39.1 Å². The summed E-state index contributed by atoms with van der Waals surface area (Å²) in [6.45, 7) is 8.01. The molecule has 3 rings (SSSR count). The van der Waals surface area contributed by atoms with Crippen LogP contribution in [-0.2, 0) is 6.42 Å². The lowest BCUT2D eigenvalue weighted by atomic mass is 10.1. The average Bonchev–Trinajstić information content (AvgIpc) is 3.53. The fourth-order valence-electron chi connectivity index (χ4n) is 2.95. The fraction of sp³-hybridized carbons (Fsp3) is 0.478. The number of pyridine rings is 1. The third-order valence-corrected chi connectivity index (χ3v) is 4.97. The van der Waals surface area contributed by atoms with Crippen molar-refractivity contribution in [2.45, 2.75) is 46.1 Å². The van der Waals surface area contributed by atoms with Crippen LogP contribution in [-0.4, -0.2) is 30.6 Å². The SMILES string of the molecule is CCNC(=NCCc1ccc(C)nc1)NC(C)c1ccc(OCC2CC2)c(F)c1.I. The summed E-state index contributed by atoms with van der Waals surface area (Å²) in [5.74, 6) is 1.34. The number of hydrogen-bond donors (Lipinski definition) is 2. The molecule has 164 valence electrons. The molecule has 2 N–H and O–H groups in total. The molecule has 1 unspecified atom stereocenters. The lowest BCUT2D eigenvalue weighted by Crippen LogP contribution is -2.38. The van der Waals surface area contributed by atoms with Crippen molar-refractivity contribution in [2.24, 2.45) is 10.9 Å². The molecule has 7 heteroatoms. The Hall–Kier alpha value is -1.90. The van der Waals surface area contributed by atoms with E-state index in [2.05, 4.69) is 26.7 Å². The minimum atomic E-state index is -0.314. The maximum Gasteiger partial charge on any atom is 0.191 e. The van der Waals surface area contributed by atoms with Gasteiger partial charge in [0.1, 0.15) is 0 Å². The van der Waals surface area contributed by atoms with Crippen LogP contribution in [0.4, 0.5) is 4.39 Å². The molecule has 2 aromatic rings. The summed E-state index contributed by atoms with van der Waals surface area (Å²) < 4.78 is 20.0. The summed E-state index contributed by atoms with van der Waals surface area (Å²) in [7, 11) is 0. The van der Waals surface area contributed by atoms with E-state index in [-0.39, 0.29) is 35.8 Å². The number of guanidine groups is 1. The summed E-state index contributed by atoms with van der Waals surface area (Å²) in [5.41, 5.74) is 3.03. The highest BCUT2D eigenvalue weighted by atomic mass is 127. The van der Waals surface area contributed by atoms with Gasteiger partial charge in [-0.1, -0.05) is 12.1 Å². The first-order valence-corrected chi connectivity index (χ1v) is 10.4. The van der Waals surface area contributed by atoms with Crippen molar-refractivity contribution < 1.29 is 9.13 Å². The van der Waals surface area contributed by atoms with Crippen LogP contribution >= 0.6 is 24.0 Å². The largest absolute Gasteiger partial charge is 0.490 e. The molecule has 0 spiro atoms. The van der Waals surface area contributed by atoms with Gasteiger partial charge in [-0.3, -0.25) is 9.98 Å². The number of aromatic nitrogens is 1. The maximum atomic E-state index is 14.4. The topological polar surface area (TPSA) is 58.5 Å². The van der Waals surface area contributed by atoms with Gasteiger partial charge in [0.15, 0.2) is 17.5 Å². The Bertz CT molecular complexity index is 824. The van der Waals surface area contributed by atoms with Crippen LogP contribution in [0.3, 0.4) is 0 Å². The monoisotopic (exact) mass is 526 g/mol. The molecule has 0 aliphatic heterocycles. The Morgan fingerprint density at radius 2 is 2.10 bits per heavy atom. The van der Waals surface area contributed by atoms with E-state index in [1.54, 1.807) is 12.1 Å². The third-order valence-electron chi connectivity index (χ3n) is 4.97. The second-order valence-corrected chi connectivity index (χ2v) is 7.63. The molecule has 1 aromatic heterocycles. The minimum absolute atomic E-state index is 0. The zero-order valence-corrected chi connectivity index (χ0v) is 20.3. The summed E-state index contributed by atoms with van der Waals surface area (Å²) in [5, 5.41) is 6.60. The van der Waals surface area contributed by atoms with Gasteiger partial charge in [0.05, 0.1) is 12.6 Å². The number of ether oxygens (including phenoxy) is 1. The van der Waals surface area contributed by atoms with Gasteiger partial charge < -0.3 is 15.4 Å². The van der Waals surface area contributed by atoms with Crippen LogP contribution in [0.2, 0.25) is 0 Å². The predicted octanol–water partition coefficient (Wildman–Crippen LogP) is 4.79. The smallest absolute Gasteiger partial charge is 0.191 e. The fourth-order valence-corrected chi connectivity index (χ4v) is 2.95. The first kappa shape index (κ1) is 24.4. The van der Waals surface area contributed by atoms with Crippen molar-refractivity contribution in [2.75, 3.05) is 19.7 Å². The first-order valence-electron chi connectivity index (χ1n) is 10.4. The number of aliphatic imine (C=N–C) groups is 1. The standard InChI is InChI=1S/C23H31FN4O.HI/c1-4-25-23(26-12-11-18-6-5-16(2)27-14-18)28-17(3)20-9-10-22(21(24)13-20)29-15-19-7-8-19;/h5-6,9-10,13-14,17,19H,4,7-8,11-12,15H2,1-3H3,(H2,25,26,28);1H. The Morgan fingerprint density at radius 3 is 2.73 bits per heavy atom. The van der Waals surface area contributed by atoms with Crippen LogP contribution in [0.15, 0.2) is 41.5 Å². The number of halogens is 2. The second kappa shape index (κ2) is 12.1. The molecule has 1 atom stereocenters. The lowest BCUT2D eigenvalue weighted by Gasteiger charge is -2.19. The number of nitrogens with one attached hydrogen (secondary N) is 2. The Balaban J connectivity index is 0.00000320. The number of benzene rings is 1. The number of aryl methyl sites for hydroxylation is 1. The van der Waals surface area contributed by atoms with Crippen molar-refractivity contribution in [1.29, 1.82) is 0 Å². The molecule has 0 saturated heterocycles. The molecule has 0 bridgehead atoms. The van der Waals surface area contributed by atoms with Crippen molar-refractivity contribution >= 4 is 29.9 Å². The lowest BCUT2D eigenvalue weighted by molar-refractivity contribution is 0.285. The normalized spacial score (nSPS) is 14.6. The predicted molar refractivity (Wildman–Crippen MR) is 130 cm³/mol. The molecule has 1 aliphatic rings. The van der Waals surface area contributed by atoms with Crippen molar-refractivity contribution in [3.63, 3.8) is 0 Å². The van der Waals surface area contributed by atoms with E-state index in [9.17, 15) is 4.39 Å². The highest BCUT2D eigenvalue weighted by molar-refractivity contribution is 14.0. The first-order chi connectivity index (χ1) is 14.0. The van der Waals surface area contributed by atoms with Gasteiger partial charge in [-0.2, -0.15) is 0 Å². The van der Waals surface area contributed by atoms with Crippen LogP contribution in [0.5, 0.6) is 5.75 Å². The summed E-state index contributed by atoms with van der Waals surface area (Å²) >= 11 is 0. The van der Waals surface area contributed by atoms with E-state index in [4.69, 9.17) is 4.74 Å². The van der Waals surface area contributed by atoms with Crippen molar-refractivity contribution in [1.82, 2.24) is 15.6 Å². The minimum Gasteiger partial charge on any atom is -0.490 e. The van der Waals surface area contributed by atoms with Gasteiger partial charge in [0.2, 0.25) is 0 Å². The molecule has 1 fully saturated rings. The van der Waals surface area contributed by atoms with Gasteiger partial charge >= 0.3 is 0 Å². The van der Waals surface area contributed by atoms with Gasteiger partial charge in [-0.05, 0) is 75.3 Å². The Morgan fingerprint density at radius 1 is 1.30 bits per heavy atom. The van der Waals surface area contributed by atoms with Crippen LogP contribution in [0.25, 0.3) is 0 Å². The number of rotatable bonds is 9. The number of nitrogens with zero attached hydrogens (tertiary/aromatic N) is 2. The highest BCUT2D eigenvalue weighted by Crippen LogP contribution is 2.30. The van der Waals surface area contributed by atoms with Gasteiger partial charge in [-0.25, -0.2) is 4.39 Å². The van der Waals surface area contributed by atoms with Crippen LogP contribution < -0.4 is 15.4 Å². The highest BCUT2D eigenvalue weighted by Gasteiger charge is 2.22. The molecular weight excluding hydrogens is 494 g/mol. The number of hydrogen-bond acceptors (Lipinski definition) is 3. The Kier molecular flexibility index (Phi) is 9.81. The third kappa shape index (κ3) is 7.74. The molecule has 0 radical (unpaired) electrons. The molecule has 0 amide bonds. The van der Waals surface area contributed by atoms with E-state index in [1.165, 1.54) is 12.8 Å². The molecule has 1 aromatic carbocycles. The van der Waals surface area contributed by atoms with Gasteiger partial charge in [-0.15, -0.1) is 24.0 Å². The molecule has 1 heterocycles. The molecule has 5 nitrogen and oxygen atoms in total. The van der Waals surface area contributed by atoms with Gasteiger partial charge in [0, 0.05) is 25.0 Å². The van der Waals surface area contributed by atoms with Crippen molar-refractivity contribution in [3.05, 3.63) is 59.2 Å². The molecule has 30 heavy (non-hydrogen) atoms. The van der Waals surface area contributed by atoms with E-state index < -0.39 is 0 Å².